The SMILES string of the molecule is CCOc1cccc(CNCCc2ccccc2F)c1OCc1ccccc1Cl.Cl. The third-order valence-electron chi connectivity index (χ3n) is 4.53. The van der Waals surface area contributed by atoms with Gasteiger partial charge in [-0.15, -0.1) is 12.4 Å². The van der Waals surface area contributed by atoms with Gasteiger partial charge in [0.15, 0.2) is 11.5 Å². The number of hydrogen-bond acceptors (Lipinski definition) is 3. The normalized spacial score (nSPS) is 10.4. The molecule has 0 heterocycles. The van der Waals surface area contributed by atoms with E-state index in [1.807, 2.05) is 61.5 Å². The molecule has 0 radical (unpaired) electrons. The molecule has 0 amide bonds. The summed E-state index contributed by atoms with van der Waals surface area (Å²) >= 11 is 6.25. The molecule has 30 heavy (non-hydrogen) atoms. The van der Waals surface area contributed by atoms with Gasteiger partial charge < -0.3 is 14.8 Å². The fourth-order valence-electron chi connectivity index (χ4n) is 3.05. The Morgan fingerprint density at radius 1 is 0.867 bits per heavy atom. The van der Waals surface area contributed by atoms with Crippen molar-refractivity contribution in [2.75, 3.05) is 13.2 Å². The van der Waals surface area contributed by atoms with Gasteiger partial charge in [-0.2, -0.15) is 0 Å². The predicted octanol–water partition coefficient (Wildman–Crippen LogP) is 6.21. The molecule has 1 N–H and O–H groups in total. The van der Waals surface area contributed by atoms with Crippen molar-refractivity contribution in [1.82, 2.24) is 5.32 Å². The van der Waals surface area contributed by atoms with E-state index in [9.17, 15) is 4.39 Å². The van der Waals surface area contributed by atoms with Crippen LogP contribution in [0, 0.1) is 5.82 Å². The fraction of sp³-hybridized carbons (Fsp3) is 0.250. The van der Waals surface area contributed by atoms with Gasteiger partial charge in [0.1, 0.15) is 12.4 Å². The number of ether oxygens (including phenoxy) is 2. The van der Waals surface area contributed by atoms with Gasteiger partial charge in [-0.3, -0.25) is 0 Å². The number of benzene rings is 3. The van der Waals surface area contributed by atoms with Crippen LogP contribution >= 0.6 is 24.0 Å². The van der Waals surface area contributed by atoms with Crippen LogP contribution in [0.4, 0.5) is 4.39 Å². The third kappa shape index (κ3) is 6.63. The molecule has 3 aromatic carbocycles. The number of para-hydroxylation sites is 1. The Balaban J connectivity index is 0.00000320. The number of hydrogen-bond donors (Lipinski definition) is 1. The lowest BCUT2D eigenvalue weighted by Crippen LogP contribution is -2.18. The second-order valence-electron chi connectivity index (χ2n) is 6.58. The van der Waals surface area contributed by atoms with Crippen LogP contribution in [0.1, 0.15) is 23.6 Å². The Morgan fingerprint density at radius 3 is 2.30 bits per heavy atom. The van der Waals surface area contributed by atoms with E-state index in [-0.39, 0.29) is 18.2 Å². The molecule has 0 saturated heterocycles. The number of nitrogens with one attached hydrogen (secondary N) is 1. The van der Waals surface area contributed by atoms with E-state index in [1.54, 1.807) is 6.07 Å². The second-order valence-corrected chi connectivity index (χ2v) is 6.98. The lowest BCUT2D eigenvalue weighted by atomic mass is 10.1. The largest absolute Gasteiger partial charge is 0.490 e. The van der Waals surface area contributed by atoms with E-state index in [1.165, 1.54) is 6.07 Å². The molecule has 0 atom stereocenters. The first-order valence-electron chi connectivity index (χ1n) is 9.74. The maximum Gasteiger partial charge on any atom is 0.166 e. The molecule has 3 nitrogen and oxygen atoms in total. The molecule has 0 saturated carbocycles. The first kappa shape index (κ1) is 24.0. The molecule has 6 heteroatoms. The Hall–Kier alpha value is -2.27. The molecule has 0 aliphatic carbocycles. The topological polar surface area (TPSA) is 30.5 Å². The Morgan fingerprint density at radius 2 is 1.57 bits per heavy atom. The summed E-state index contributed by atoms with van der Waals surface area (Å²) in [7, 11) is 0. The zero-order valence-electron chi connectivity index (χ0n) is 16.9. The minimum atomic E-state index is -0.170. The number of rotatable bonds is 10. The van der Waals surface area contributed by atoms with Crippen molar-refractivity contribution in [3.63, 3.8) is 0 Å². The molecule has 0 fully saturated rings. The molecular weight excluding hydrogens is 424 g/mol. The van der Waals surface area contributed by atoms with E-state index in [2.05, 4.69) is 5.32 Å². The van der Waals surface area contributed by atoms with Crippen molar-refractivity contribution in [2.45, 2.75) is 26.5 Å². The highest BCUT2D eigenvalue weighted by Gasteiger charge is 2.12. The maximum atomic E-state index is 13.8. The van der Waals surface area contributed by atoms with Gasteiger partial charge in [-0.05, 0) is 43.7 Å². The van der Waals surface area contributed by atoms with Crippen LogP contribution in [0.5, 0.6) is 11.5 Å². The molecule has 0 unspecified atom stereocenters. The summed E-state index contributed by atoms with van der Waals surface area (Å²) in [6.07, 6.45) is 0.619. The summed E-state index contributed by atoms with van der Waals surface area (Å²) in [5.41, 5.74) is 2.61. The van der Waals surface area contributed by atoms with Gasteiger partial charge >= 0.3 is 0 Å². The monoisotopic (exact) mass is 449 g/mol. The molecule has 0 aliphatic rings. The molecular formula is C24H26Cl2FNO2. The van der Waals surface area contributed by atoms with Crippen molar-refractivity contribution in [2.24, 2.45) is 0 Å². The zero-order chi connectivity index (χ0) is 20.5. The summed E-state index contributed by atoms with van der Waals surface area (Å²) in [4.78, 5) is 0. The van der Waals surface area contributed by atoms with Crippen molar-refractivity contribution in [3.8, 4) is 11.5 Å². The van der Waals surface area contributed by atoms with Crippen molar-refractivity contribution >= 4 is 24.0 Å². The third-order valence-corrected chi connectivity index (χ3v) is 4.90. The lowest BCUT2D eigenvalue weighted by molar-refractivity contribution is 0.266. The summed E-state index contributed by atoms with van der Waals surface area (Å²) in [6.45, 7) is 4.09. The van der Waals surface area contributed by atoms with Gasteiger partial charge in [0.05, 0.1) is 6.61 Å². The van der Waals surface area contributed by atoms with Crippen LogP contribution in [-0.2, 0) is 19.6 Å². The zero-order valence-corrected chi connectivity index (χ0v) is 18.4. The highest BCUT2D eigenvalue weighted by Crippen LogP contribution is 2.32. The van der Waals surface area contributed by atoms with E-state index in [4.69, 9.17) is 21.1 Å². The van der Waals surface area contributed by atoms with Crippen LogP contribution in [0.15, 0.2) is 66.7 Å². The van der Waals surface area contributed by atoms with Crippen molar-refractivity contribution in [1.29, 1.82) is 0 Å². The standard InChI is InChI=1S/C24H25ClFNO2.ClH/c1-2-28-23-13-7-10-19(16-27-15-14-18-8-4-6-12-22(18)26)24(23)29-17-20-9-3-5-11-21(20)25;/h3-13,27H,2,14-17H2,1H3;1H. The summed E-state index contributed by atoms with van der Waals surface area (Å²) < 4.78 is 25.6. The minimum absolute atomic E-state index is 0. The predicted molar refractivity (Wildman–Crippen MR) is 122 cm³/mol. The Kier molecular flexibility index (Phi) is 9.95. The van der Waals surface area contributed by atoms with Crippen LogP contribution in [0.2, 0.25) is 5.02 Å². The van der Waals surface area contributed by atoms with Crippen LogP contribution in [0.25, 0.3) is 0 Å². The Labute approximate surface area is 188 Å². The Bertz CT molecular complexity index is 937. The van der Waals surface area contributed by atoms with Gasteiger partial charge in [-0.1, -0.05) is 60.1 Å². The molecule has 0 spiro atoms. The van der Waals surface area contributed by atoms with Crippen LogP contribution < -0.4 is 14.8 Å². The summed E-state index contributed by atoms with van der Waals surface area (Å²) in [5.74, 6) is 1.23. The highest BCUT2D eigenvalue weighted by atomic mass is 35.5. The van der Waals surface area contributed by atoms with Crippen molar-refractivity contribution in [3.05, 3.63) is 94.3 Å². The van der Waals surface area contributed by atoms with E-state index < -0.39 is 0 Å². The van der Waals surface area contributed by atoms with Gasteiger partial charge in [0, 0.05) is 22.7 Å². The van der Waals surface area contributed by atoms with Gasteiger partial charge in [-0.25, -0.2) is 4.39 Å². The van der Waals surface area contributed by atoms with E-state index in [0.29, 0.717) is 54.8 Å². The smallest absolute Gasteiger partial charge is 0.166 e. The van der Waals surface area contributed by atoms with E-state index >= 15 is 0 Å². The van der Waals surface area contributed by atoms with E-state index in [0.717, 1.165) is 11.1 Å². The average molecular weight is 450 g/mol. The molecule has 0 bridgehead atoms. The first-order valence-corrected chi connectivity index (χ1v) is 10.1. The molecule has 0 aromatic heterocycles. The lowest BCUT2D eigenvalue weighted by Gasteiger charge is -2.17. The fourth-order valence-corrected chi connectivity index (χ4v) is 3.24. The van der Waals surface area contributed by atoms with Gasteiger partial charge in [0.25, 0.3) is 0 Å². The average Bonchev–Trinajstić information content (AvgIpc) is 2.73. The first-order chi connectivity index (χ1) is 14.2. The summed E-state index contributed by atoms with van der Waals surface area (Å²) in [6, 6.07) is 20.3. The van der Waals surface area contributed by atoms with Crippen molar-refractivity contribution < 1.29 is 13.9 Å². The van der Waals surface area contributed by atoms with Crippen LogP contribution in [0.3, 0.4) is 0 Å². The summed E-state index contributed by atoms with van der Waals surface area (Å²) in [5, 5.41) is 4.04. The minimum Gasteiger partial charge on any atom is -0.490 e. The molecule has 3 rings (SSSR count). The molecule has 0 aliphatic heterocycles. The molecule has 3 aromatic rings. The highest BCUT2D eigenvalue weighted by molar-refractivity contribution is 6.31. The molecule has 160 valence electrons. The number of halogens is 3. The van der Waals surface area contributed by atoms with Crippen LogP contribution in [-0.4, -0.2) is 13.2 Å². The maximum absolute atomic E-state index is 13.8. The quantitative estimate of drug-likeness (QED) is 0.373. The second kappa shape index (κ2) is 12.4. The van der Waals surface area contributed by atoms with Gasteiger partial charge in [0.2, 0.25) is 0 Å².